The quantitative estimate of drug-likeness (QED) is 0.937. The van der Waals surface area contributed by atoms with Gasteiger partial charge in [0, 0.05) is 17.7 Å². The van der Waals surface area contributed by atoms with Crippen LogP contribution in [0, 0.1) is 23.0 Å². The molecule has 21 heavy (non-hydrogen) atoms. The predicted octanol–water partition coefficient (Wildman–Crippen LogP) is 3.44. The van der Waals surface area contributed by atoms with Crippen LogP contribution >= 0.6 is 0 Å². The van der Waals surface area contributed by atoms with Crippen molar-refractivity contribution in [2.75, 3.05) is 0 Å². The van der Waals surface area contributed by atoms with Gasteiger partial charge in [0.25, 0.3) is 0 Å². The molecule has 3 nitrogen and oxygen atoms in total. The Morgan fingerprint density at radius 2 is 1.95 bits per heavy atom. The number of hydrogen-bond donors (Lipinski definition) is 1. The fraction of sp³-hybridized carbons (Fsp3) is 0.188. The molecule has 0 radical (unpaired) electrons. The summed E-state index contributed by atoms with van der Waals surface area (Å²) < 4.78 is 32.4. The van der Waals surface area contributed by atoms with E-state index in [1.807, 2.05) is 0 Å². The molecule has 0 aliphatic heterocycles. The largest absolute Gasteiger partial charge is 0.489 e. The Morgan fingerprint density at radius 1 is 1.19 bits per heavy atom. The van der Waals surface area contributed by atoms with Gasteiger partial charge in [0.2, 0.25) is 0 Å². The monoisotopic (exact) mass is 288 g/mol. The maximum absolute atomic E-state index is 13.7. The summed E-state index contributed by atoms with van der Waals surface area (Å²) in [5.74, 6) is -0.660. The number of nitrogens with zero attached hydrogens (tertiary/aromatic N) is 1. The summed E-state index contributed by atoms with van der Waals surface area (Å²) in [6.45, 7) is 1.81. The van der Waals surface area contributed by atoms with Gasteiger partial charge in [-0.25, -0.2) is 8.78 Å². The van der Waals surface area contributed by atoms with E-state index >= 15 is 0 Å². The first-order valence-corrected chi connectivity index (χ1v) is 6.37. The van der Waals surface area contributed by atoms with Crippen molar-refractivity contribution in [1.29, 1.82) is 5.26 Å². The van der Waals surface area contributed by atoms with E-state index in [4.69, 9.17) is 15.7 Å². The standard InChI is InChI=1S/C16H14F2N2O/c1-10(20)14-4-3-13(7-16(14)18)21-9-11-2-5-15(17)12(6-11)8-19/h2-7,10H,9,20H2,1H3/t10-/m1/s1. The molecule has 1 atom stereocenters. The molecule has 2 rings (SSSR count). The van der Waals surface area contributed by atoms with Crippen LogP contribution in [0.5, 0.6) is 5.75 Å². The highest BCUT2D eigenvalue weighted by atomic mass is 19.1. The third-order valence-electron chi connectivity index (χ3n) is 3.02. The maximum Gasteiger partial charge on any atom is 0.140 e. The summed E-state index contributed by atoms with van der Waals surface area (Å²) in [7, 11) is 0. The molecule has 2 aromatic rings. The minimum Gasteiger partial charge on any atom is -0.489 e. The maximum atomic E-state index is 13.7. The van der Waals surface area contributed by atoms with E-state index in [-0.39, 0.29) is 12.2 Å². The fourth-order valence-corrected chi connectivity index (χ4v) is 1.88. The van der Waals surface area contributed by atoms with E-state index in [9.17, 15) is 8.78 Å². The second-order valence-corrected chi connectivity index (χ2v) is 4.69. The Kier molecular flexibility index (Phi) is 4.51. The minimum atomic E-state index is -0.575. The van der Waals surface area contributed by atoms with E-state index in [1.54, 1.807) is 25.1 Å². The van der Waals surface area contributed by atoms with E-state index in [0.717, 1.165) is 0 Å². The van der Waals surface area contributed by atoms with Gasteiger partial charge < -0.3 is 10.5 Å². The molecule has 0 heterocycles. The van der Waals surface area contributed by atoms with Crippen LogP contribution in [0.25, 0.3) is 0 Å². The van der Waals surface area contributed by atoms with Crippen molar-refractivity contribution in [3.8, 4) is 11.8 Å². The zero-order valence-electron chi connectivity index (χ0n) is 11.4. The van der Waals surface area contributed by atoms with E-state index < -0.39 is 17.7 Å². The molecular formula is C16H14F2N2O. The van der Waals surface area contributed by atoms with E-state index in [0.29, 0.717) is 16.9 Å². The Hall–Kier alpha value is -2.45. The van der Waals surface area contributed by atoms with Gasteiger partial charge in [0.1, 0.15) is 30.1 Å². The second-order valence-electron chi connectivity index (χ2n) is 4.69. The van der Waals surface area contributed by atoms with E-state index in [1.165, 1.54) is 24.3 Å². The topological polar surface area (TPSA) is 59.0 Å². The fourth-order valence-electron chi connectivity index (χ4n) is 1.88. The van der Waals surface area contributed by atoms with Gasteiger partial charge in [-0.05, 0) is 30.7 Å². The molecule has 0 aliphatic carbocycles. The molecule has 0 fully saturated rings. The van der Waals surface area contributed by atoms with Crippen molar-refractivity contribution in [3.05, 3.63) is 64.7 Å². The van der Waals surface area contributed by atoms with E-state index in [2.05, 4.69) is 0 Å². The third-order valence-corrected chi connectivity index (χ3v) is 3.02. The summed E-state index contributed by atoms with van der Waals surface area (Å²) in [6, 6.07) is 9.94. The SMILES string of the molecule is C[C@@H](N)c1ccc(OCc2ccc(F)c(C#N)c2)cc1F. The van der Waals surface area contributed by atoms with Crippen molar-refractivity contribution in [3.63, 3.8) is 0 Å². The summed E-state index contributed by atoms with van der Waals surface area (Å²) in [4.78, 5) is 0. The average molecular weight is 288 g/mol. The molecular weight excluding hydrogens is 274 g/mol. The summed E-state index contributed by atoms with van der Waals surface area (Å²) in [5, 5.41) is 8.75. The van der Waals surface area contributed by atoms with Gasteiger partial charge in [-0.15, -0.1) is 0 Å². The van der Waals surface area contributed by atoms with Crippen molar-refractivity contribution >= 4 is 0 Å². The minimum absolute atomic E-state index is 0.0467. The van der Waals surface area contributed by atoms with Crippen LogP contribution in [0.2, 0.25) is 0 Å². The number of hydrogen-bond acceptors (Lipinski definition) is 3. The Balaban J connectivity index is 2.10. The van der Waals surface area contributed by atoms with Gasteiger partial charge in [-0.3, -0.25) is 0 Å². The first kappa shape index (κ1) is 14.9. The Morgan fingerprint density at radius 3 is 2.57 bits per heavy atom. The number of nitrogens with two attached hydrogens (primary N) is 1. The second kappa shape index (κ2) is 6.33. The molecule has 0 saturated heterocycles. The highest BCUT2D eigenvalue weighted by molar-refractivity contribution is 5.35. The molecule has 2 aromatic carbocycles. The summed E-state index contributed by atoms with van der Waals surface area (Å²) in [5.41, 5.74) is 6.62. The van der Waals surface area contributed by atoms with Crippen molar-refractivity contribution in [2.24, 2.45) is 5.73 Å². The smallest absolute Gasteiger partial charge is 0.140 e. The molecule has 2 N–H and O–H groups in total. The van der Waals surface area contributed by atoms with Crippen molar-refractivity contribution in [2.45, 2.75) is 19.6 Å². The molecule has 0 aromatic heterocycles. The third kappa shape index (κ3) is 3.56. The lowest BCUT2D eigenvalue weighted by atomic mass is 10.1. The molecule has 0 saturated carbocycles. The number of nitriles is 1. The van der Waals surface area contributed by atoms with Crippen LogP contribution in [-0.2, 0) is 6.61 Å². The molecule has 0 unspecified atom stereocenters. The highest BCUT2D eigenvalue weighted by Crippen LogP contribution is 2.21. The van der Waals surface area contributed by atoms with Gasteiger partial charge in [-0.1, -0.05) is 12.1 Å². The number of benzene rings is 2. The summed E-state index contributed by atoms with van der Waals surface area (Å²) in [6.07, 6.45) is 0. The van der Waals surface area contributed by atoms with Crippen LogP contribution in [0.4, 0.5) is 8.78 Å². The molecule has 0 bridgehead atoms. The van der Waals surface area contributed by atoms with Gasteiger partial charge in [0.05, 0.1) is 5.56 Å². The number of ether oxygens (including phenoxy) is 1. The Bertz CT molecular complexity index is 693. The lowest BCUT2D eigenvalue weighted by Gasteiger charge is -2.10. The Labute approximate surface area is 121 Å². The van der Waals surface area contributed by atoms with Crippen LogP contribution in [0.15, 0.2) is 36.4 Å². The molecule has 0 amide bonds. The normalized spacial score (nSPS) is 11.8. The number of rotatable bonds is 4. The molecule has 0 spiro atoms. The number of halogens is 2. The molecule has 0 aliphatic rings. The van der Waals surface area contributed by atoms with Crippen molar-refractivity contribution in [1.82, 2.24) is 0 Å². The van der Waals surface area contributed by atoms with Crippen LogP contribution < -0.4 is 10.5 Å². The van der Waals surface area contributed by atoms with Crippen LogP contribution in [-0.4, -0.2) is 0 Å². The zero-order valence-corrected chi connectivity index (χ0v) is 11.4. The molecule has 5 heteroatoms. The first-order chi connectivity index (χ1) is 10.0. The van der Waals surface area contributed by atoms with Crippen molar-refractivity contribution < 1.29 is 13.5 Å². The van der Waals surface area contributed by atoms with Gasteiger partial charge >= 0.3 is 0 Å². The highest BCUT2D eigenvalue weighted by Gasteiger charge is 2.09. The molecule has 108 valence electrons. The van der Waals surface area contributed by atoms with Gasteiger partial charge in [0.15, 0.2) is 0 Å². The zero-order chi connectivity index (χ0) is 15.4. The predicted molar refractivity (Wildman–Crippen MR) is 74.4 cm³/mol. The van der Waals surface area contributed by atoms with Crippen LogP contribution in [0.1, 0.15) is 29.7 Å². The summed E-state index contributed by atoms with van der Waals surface area (Å²) >= 11 is 0. The lowest BCUT2D eigenvalue weighted by Crippen LogP contribution is -2.07. The van der Waals surface area contributed by atoms with Crippen LogP contribution in [0.3, 0.4) is 0 Å². The van der Waals surface area contributed by atoms with Gasteiger partial charge in [-0.2, -0.15) is 5.26 Å². The average Bonchev–Trinajstić information content (AvgIpc) is 2.46. The first-order valence-electron chi connectivity index (χ1n) is 6.37. The lowest BCUT2D eigenvalue weighted by molar-refractivity contribution is 0.304.